The van der Waals surface area contributed by atoms with Crippen molar-refractivity contribution in [2.24, 2.45) is 5.92 Å². The van der Waals surface area contributed by atoms with Gasteiger partial charge in [0.1, 0.15) is 5.75 Å². The van der Waals surface area contributed by atoms with E-state index in [9.17, 15) is 9.59 Å². The van der Waals surface area contributed by atoms with E-state index in [1.807, 2.05) is 54.0 Å². The molecule has 1 heterocycles. The fourth-order valence-electron chi connectivity index (χ4n) is 2.84. The molecule has 0 bridgehead atoms. The zero-order chi connectivity index (χ0) is 17.4. The summed E-state index contributed by atoms with van der Waals surface area (Å²) >= 11 is 0. The first-order chi connectivity index (χ1) is 11.6. The summed E-state index contributed by atoms with van der Waals surface area (Å²) in [5, 5.41) is 0. The lowest BCUT2D eigenvalue weighted by molar-refractivity contribution is -0.135. The smallest absolute Gasteiger partial charge is 0.225 e. The molecule has 1 fully saturated rings. The second-order valence-corrected chi connectivity index (χ2v) is 6.48. The lowest BCUT2D eigenvalue weighted by atomic mass is 10.2. The molecule has 24 heavy (non-hydrogen) atoms. The lowest BCUT2D eigenvalue weighted by Crippen LogP contribution is -2.38. The van der Waals surface area contributed by atoms with Crippen molar-refractivity contribution >= 4 is 11.8 Å². The third-order valence-electron chi connectivity index (χ3n) is 4.20. The number of hydrogen-bond acceptors (Lipinski definition) is 3. The number of ether oxygens (including phenoxy) is 1. The Kier molecular flexibility index (Phi) is 7.09. The van der Waals surface area contributed by atoms with Crippen LogP contribution in [0.3, 0.4) is 0 Å². The van der Waals surface area contributed by atoms with Gasteiger partial charge in [-0.25, -0.2) is 0 Å². The van der Waals surface area contributed by atoms with E-state index < -0.39 is 0 Å². The molecule has 2 amide bonds. The predicted octanol–water partition coefficient (Wildman–Crippen LogP) is 2.56. The molecule has 0 aliphatic carbocycles. The zero-order valence-corrected chi connectivity index (χ0v) is 14.7. The van der Waals surface area contributed by atoms with Gasteiger partial charge in [0.05, 0.1) is 6.61 Å². The molecule has 1 aliphatic rings. The van der Waals surface area contributed by atoms with Crippen LogP contribution in [0.1, 0.15) is 33.1 Å². The van der Waals surface area contributed by atoms with Crippen molar-refractivity contribution in [1.29, 1.82) is 0 Å². The van der Waals surface area contributed by atoms with Crippen LogP contribution < -0.4 is 4.74 Å². The van der Waals surface area contributed by atoms with Gasteiger partial charge in [-0.1, -0.05) is 32.0 Å². The van der Waals surface area contributed by atoms with Crippen LogP contribution in [0.2, 0.25) is 0 Å². The summed E-state index contributed by atoms with van der Waals surface area (Å²) in [6, 6.07) is 9.64. The molecule has 132 valence electrons. The Bertz CT molecular complexity index is 531. The summed E-state index contributed by atoms with van der Waals surface area (Å²) in [5.74, 6) is 1.19. The summed E-state index contributed by atoms with van der Waals surface area (Å²) < 4.78 is 5.62. The van der Waals surface area contributed by atoms with Gasteiger partial charge in [0, 0.05) is 38.5 Å². The summed E-state index contributed by atoms with van der Waals surface area (Å²) in [6.45, 7) is 7.14. The minimum absolute atomic E-state index is 0.0161. The number of carbonyl (C=O) groups is 2. The van der Waals surface area contributed by atoms with Crippen molar-refractivity contribution in [3.8, 4) is 5.75 Å². The van der Waals surface area contributed by atoms with Gasteiger partial charge >= 0.3 is 0 Å². The molecule has 2 rings (SSSR count). The fourth-order valence-corrected chi connectivity index (χ4v) is 2.84. The topological polar surface area (TPSA) is 49.9 Å². The molecular formula is C19H28N2O3. The molecular weight excluding hydrogens is 304 g/mol. The number of benzene rings is 1. The molecule has 1 aromatic carbocycles. The largest absolute Gasteiger partial charge is 0.494 e. The molecule has 1 aliphatic heterocycles. The Morgan fingerprint density at radius 1 is 1.04 bits per heavy atom. The Morgan fingerprint density at radius 2 is 1.71 bits per heavy atom. The Labute approximate surface area is 144 Å². The van der Waals surface area contributed by atoms with Gasteiger partial charge in [0.15, 0.2) is 0 Å². The first-order valence-corrected chi connectivity index (χ1v) is 8.82. The van der Waals surface area contributed by atoms with Crippen LogP contribution in [-0.2, 0) is 9.59 Å². The van der Waals surface area contributed by atoms with E-state index in [1.165, 1.54) is 0 Å². The molecule has 5 nitrogen and oxygen atoms in total. The first kappa shape index (κ1) is 18.3. The van der Waals surface area contributed by atoms with E-state index in [1.54, 1.807) is 0 Å². The molecule has 0 aromatic heterocycles. The van der Waals surface area contributed by atoms with E-state index in [0.717, 1.165) is 25.3 Å². The van der Waals surface area contributed by atoms with Crippen LogP contribution in [0.5, 0.6) is 5.75 Å². The van der Waals surface area contributed by atoms with Crippen LogP contribution >= 0.6 is 0 Å². The Morgan fingerprint density at radius 3 is 2.42 bits per heavy atom. The molecule has 0 unspecified atom stereocenters. The van der Waals surface area contributed by atoms with Crippen molar-refractivity contribution in [3.63, 3.8) is 0 Å². The summed E-state index contributed by atoms with van der Waals surface area (Å²) in [6.07, 6.45) is 2.05. The molecule has 0 radical (unpaired) electrons. The molecule has 5 heteroatoms. The van der Waals surface area contributed by atoms with Crippen molar-refractivity contribution in [1.82, 2.24) is 9.80 Å². The van der Waals surface area contributed by atoms with Gasteiger partial charge in [-0.3, -0.25) is 9.59 Å². The van der Waals surface area contributed by atoms with Crippen LogP contribution in [0.15, 0.2) is 30.3 Å². The minimum Gasteiger partial charge on any atom is -0.494 e. The van der Waals surface area contributed by atoms with Crippen molar-refractivity contribution in [2.75, 3.05) is 32.8 Å². The van der Waals surface area contributed by atoms with E-state index in [-0.39, 0.29) is 17.7 Å². The molecule has 0 spiro atoms. The second-order valence-electron chi connectivity index (χ2n) is 6.48. The predicted molar refractivity (Wildman–Crippen MR) is 93.8 cm³/mol. The second kappa shape index (κ2) is 9.30. The van der Waals surface area contributed by atoms with Crippen LogP contribution in [0, 0.1) is 5.92 Å². The number of rotatable bonds is 6. The molecule has 0 N–H and O–H groups in total. The van der Waals surface area contributed by atoms with Crippen LogP contribution in [-0.4, -0.2) is 54.4 Å². The molecule has 0 atom stereocenters. The Hall–Kier alpha value is -2.04. The van der Waals surface area contributed by atoms with E-state index in [0.29, 0.717) is 32.5 Å². The van der Waals surface area contributed by atoms with Crippen LogP contribution in [0.4, 0.5) is 0 Å². The highest BCUT2D eigenvalue weighted by Gasteiger charge is 2.23. The quantitative estimate of drug-likeness (QED) is 0.752. The average molecular weight is 332 g/mol. The van der Waals surface area contributed by atoms with Gasteiger partial charge in [-0.05, 0) is 25.0 Å². The highest BCUT2D eigenvalue weighted by Crippen LogP contribution is 2.11. The van der Waals surface area contributed by atoms with Gasteiger partial charge in [-0.2, -0.15) is 0 Å². The lowest BCUT2D eigenvalue weighted by Gasteiger charge is -2.23. The highest BCUT2D eigenvalue weighted by atomic mass is 16.5. The number of hydrogen-bond donors (Lipinski definition) is 0. The standard InChI is InChI=1S/C19H28N2O3/c1-16(2)19(23)21-12-7-11-20(13-14-21)18(22)10-6-15-24-17-8-4-3-5-9-17/h3-5,8-9,16H,6-7,10-15H2,1-2H3. The number of carbonyl (C=O) groups excluding carboxylic acids is 2. The van der Waals surface area contributed by atoms with Crippen LogP contribution in [0.25, 0.3) is 0 Å². The van der Waals surface area contributed by atoms with Crippen molar-refractivity contribution < 1.29 is 14.3 Å². The van der Waals surface area contributed by atoms with Crippen molar-refractivity contribution in [2.45, 2.75) is 33.1 Å². The highest BCUT2D eigenvalue weighted by molar-refractivity contribution is 5.79. The maximum absolute atomic E-state index is 12.3. The SMILES string of the molecule is CC(C)C(=O)N1CCCN(C(=O)CCCOc2ccccc2)CC1. The summed E-state index contributed by atoms with van der Waals surface area (Å²) in [4.78, 5) is 28.2. The molecule has 1 saturated heterocycles. The maximum atomic E-state index is 12.3. The average Bonchev–Trinajstić information content (AvgIpc) is 2.85. The third-order valence-corrected chi connectivity index (χ3v) is 4.20. The zero-order valence-electron chi connectivity index (χ0n) is 14.7. The number of amides is 2. The van der Waals surface area contributed by atoms with Gasteiger partial charge in [0.25, 0.3) is 0 Å². The summed E-state index contributed by atoms with van der Waals surface area (Å²) in [5.41, 5.74) is 0. The van der Waals surface area contributed by atoms with E-state index in [4.69, 9.17) is 4.74 Å². The van der Waals surface area contributed by atoms with Gasteiger partial charge in [-0.15, -0.1) is 0 Å². The molecule has 1 aromatic rings. The summed E-state index contributed by atoms with van der Waals surface area (Å²) in [7, 11) is 0. The first-order valence-electron chi connectivity index (χ1n) is 8.82. The van der Waals surface area contributed by atoms with Gasteiger partial charge < -0.3 is 14.5 Å². The van der Waals surface area contributed by atoms with E-state index in [2.05, 4.69) is 0 Å². The monoisotopic (exact) mass is 332 g/mol. The third kappa shape index (κ3) is 5.55. The van der Waals surface area contributed by atoms with Crippen molar-refractivity contribution in [3.05, 3.63) is 30.3 Å². The Balaban J connectivity index is 1.70. The molecule has 0 saturated carbocycles. The van der Waals surface area contributed by atoms with Gasteiger partial charge in [0.2, 0.25) is 11.8 Å². The minimum atomic E-state index is 0.0161. The number of nitrogens with zero attached hydrogens (tertiary/aromatic N) is 2. The normalized spacial score (nSPS) is 15.3. The maximum Gasteiger partial charge on any atom is 0.225 e. The van der Waals surface area contributed by atoms with E-state index >= 15 is 0 Å². The fraction of sp³-hybridized carbons (Fsp3) is 0.579. The number of para-hydroxylation sites is 1.